The lowest BCUT2D eigenvalue weighted by Crippen LogP contribution is -2.49. The van der Waals surface area contributed by atoms with Crippen molar-refractivity contribution in [2.24, 2.45) is 5.41 Å². The summed E-state index contributed by atoms with van der Waals surface area (Å²) in [5, 5.41) is 9.53. The lowest BCUT2D eigenvalue weighted by molar-refractivity contribution is 0.0167. The molecule has 0 bridgehead atoms. The maximum atomic E-state index is 9.53. The molecule has 2 saturated carbocycles. The Bertz CT molecular complexity index is 430. The Morgan fingerprint density at radius 2 is 1.94 bits per heavy atom. The van der Waals surface area contributed by atoms with Crippen LogP contribution in [0.5, 0.6) is 0 Å². The molecule has 88 valence electrons. The minimum Gasteiger partial charge on any atom is -0.264 e. The average molecular weight is 226 g/mol. The van der Waals surface area contributed by atoms with Crippen LogP contribution in [-0.2, 0) is 5.41 Å². The quantitative estimate of drug-likeness (QED) is 0.733. The molecule has 1 heterocycles. The molecule has 2 heteroatoms. The zero-order valence-corrected chi connectivity index (χ0v) is 10.2. The van der Waals surface area contributed by atoms with E-state index in [2.05, 4.69) is 17.1 Å². The number of rotatable bonds is 1. The van der Waals surface area contributed by atoms with Crippen LogP contribution in [0.25, 0.3) is 0 Å². The van der Waals surface area contributed by atoms with Gasteiger partial charge in [-0.25, -0.2) is 0 Å². The van der Waals surface area contributed by atoms with Crippen LogP contribution in [-0.4, -0.2) is 4.98 Å². The van der Waals surface area contributed by atoms with Gasteiger partial charge in [0, 0.05) is 12.4 Å². The third-order valence-corrected chi connectivity index (χ3v) is 4.70. The van der Waals surface area contributed by atoms with E-state index in [1.807, 2.05) is 12.3 Å². The zero-order valence-electron chi connectivity index (χ0n) is 10.2. The van der Waals surface area contributed by atoms with Gasteiger partial charge in [0.25, 0.3) is 0 Å². The van der Waals surface area contributed by atoms with Gasteiger partial charge in [-0.2, -0.15) is 5.26 Å². The highest BCUT2D eigenvalue weighted by Gasteiger charge is 2.55. The van der Waals surface area contributed by atoms with Gasteiger partial charge in [0.15, 0.2) is 0 Å². The van der Waals surface area contributed by atoms with Crippen molar-refractivity contribution in [2.75, 3.05) is 0 Å². The topological polar surface area (TPSA) is 36.7 Å². The lowest BCUT2D eigenvalue weighted by Gasteiger charge is -2.55. The van der Waals surface area contributed by atoms with Crippen LogP contribution in [0.1, 0.15) is 50.5 Å². The zero-order chi connectivity index (χ0) is 11.8. The summed E-state index contributed by atoms with van der Waals surface area (Å²) in [4.78, 5) is 4.16. The van der Waals surface area contributed by atoms with Gasteiger partial charge in [-0.05, 0) is 42.7 Å². The first-order valence-electron chi connectivity index (χ1n) is 6.61. The Morgan fingerprint density at radius 3 is 2.53 bits per heavy atom. The van der Waals surface area contributed by atoms with Crippen LogP contribution in [0.4, 0.5) is 0 Å². The Labute approximate surface area is 103 Å². The molecule has 2 fully saturated rings. The SMILES string of the molecule is N#CC1(c2cccnc2)CC2(CCCCC2)C1. The van der Waals surface area contributed by atoms with Crippen molar-refractivity contribution in [1.82, 2.24) is 4.98 Å². The van der Waals surface area contributed by atoms with Gasteiger partial charge >= 0.3 is 0 Å². The fraction of sp³-hybridized carbons (Fsp3) is 0.600. The molecule has 17 heavy (non-hydrogen) atoms. The summed E-state index contributed by atoms with van der Waals surface area (Å²) in [7, 11) is 0. The molecule has 2 nitrogen and oxygen atoms in total. The number of pyridine rings is 1. The van der Waals surface area contributed by atoms with Gasteiger partial charge in [0.2, 0.25) is 0 Å². The van der Waals surface area contributed by atoms with E-state index >= 15 is 0 Å². The molecule has 0 aromatic carbocycles. The number of aromatic nitrogens is 1. The molecule has 0 radical (unpaired) electrons. The molecular formula is C15H18N2. The van der Waals surface area contributed by atoms with E-state index < -0.39 is 0 Å². The van der Waals surface area contributed by atoms with Crippen molar-refractivity contribution < 1.29 is 0 Å². The number of nitrogens with zero attached hydrogens (tertiary/aromatic N) is 2. The summed E-state index contributed by atoms with van der Waals surface area (Å²) in [6.07, 6.45) is 12.5. The standard InChI is InChI=1S/C15H18N2/c16-12-15(13-5-4-8-17-9-13)10-14(11-15)6-2-1-3-7-14/h4-5,8-9H,1-3,6-7,10-11H2. The van der Waals surface area contributed by atoms with Gasteiger partial charge in [-0.3, -0.25) is 4.98 Å². The van der Waals surface area contributed by atoms with Gasteiger partial charge in [0.1, 0.15) is 0 Å². The summed E-state index contributed by atoms with van der Waals surface area (Å²) < 4.78 is 0. The molecule has 2 aliphatic rings. The second kappa shape index (κ2) is 3.84. The van der Waals surface area contributed by atoms with Crippen LogP contribution in [0.2, 0.25) is 0 Å². The minimum atomic E-state index is -0.231. The average Bonchev–Trinajstić information content (AvgIpc) is 2.37. The normalized spacial score (nSPS) is 24.9. The summed E-state index contributed by atoms with van der Waals surface area (Å²) in [6.45, 7) is 0. The predicted molar refractivity (Wildman–Crippen MR) is 66.3 cm³/mol. The highest BCUT2D eigenvalue weighted by molar-refractivity contribution is 5.36. The fourth-order valence-electron chi connectivity index (χ4n) is 3.88. The summed E-state index contributed by atoms with van der Waals surface area (Å²) in [6, 6.07) is 6.57. The van der Waals surface area contributed by atoms with E-state index in [0.717, 1.165) is 18.4 Å². The van der Waals surface area contributed by atoms with Crippen molar-refractivity contribution in [3.05, 3.63) is 30.1 Å². The Kier molecular flexibility index (Phi) is 2.43. The van der Waals surface area contributed by atoms with E-state index in [1.165, 1.54) is 32.1 Å². The lowest BCUT2D eigenvalue weighted by atomic mass is 9.47. The van der Waals surface area contributed by atoms with Gasteiger partial charge in [0.05, 0.1) is 11.5 Å². The van der Waals surface area contributed by atoms with Crippen molar-refractivity contribution in [3.8, 4) is 6.07 Å². The molecule has 0 amide bonds. The fourth-order valence-corrected chi connectivity index (χ4v) is 3.88. The Hall–Kier alpha value is -1.36. The highest BCUT2D eigenvalue weighted by atomic mass is 14.7. The highest BCUT2D eigenvalue weighted by Crippen LogP contribution is 2.61. The van der Waals surface area contributed by atoms with Crippen molar-refractivity contribution in [2.45, 2.75) is 50.4 Å². The molecule has 0 N–H and O–H groups in total. The summed E-state index contributed by atoms with van der Waals surface area (Å²) >= 11 is 0. The second-order valence-electron chi connectivity index (χ2n) is 5.85. The molecule has 2 aliphatic carbocycles. The van der Waals surface area contributed by atoms with Gasteiger partial charge < -0.3 is 0 Å². The van der Waals surface area contributed by atoms with Crippen molar-refractivity contribution in [1.29, 1.82) is 5.26 Å². The van der Waals surface area contributed by atoms with Crippen LogP contribution in [0, 0.1) is 16.7 Å². The third kappa shape index (κ3) is 1.65. The van der Waals surface area contributed by atoms with E-state index in [0.29, 0.717) is 5.41 Å². The first-order valence-corrected chi connectivity index (χ1v) is 6.61. The molecule has 0 unspecified atom stereocenters. The van der Waals surface area contributed by atoms with Crippen LogP contribution in [0.3, 0.4) is 0 Å². The van der Waals surface area contributed by atoms with E-state index in [1.54, 1.807) is 6.20 Å². The molecular weight excluding hydrogens is 208 g/mol. The predicted octanol–water partition coefficient (Wildman–Crippen LogP) is 3.59. The molecule has 1 aromatic heterocycles. The van der Waals surface area contributed by atoms with Crippen LogP contribution in [0.15, 0.2) is 24.5 Å². The van der Waals surface area contributed by atoms with Gasteiger partial charge in [-0.1, -0.05) is 25.3 Å². The maximum absolute atomic E-state index is 9.53. The second-order valence-corrected chi connectivity index (χ2v) is 5.85. The number of hydrogen-bond donors (Lipinski definition) is 0. The Balaban J connectivity index is 1.82. The monoisotopic (exact) mass is 226 g/mol. The number of hydrogen-bond acceptors (Lipinski definition) is 2. The molecule has 3 rings (SSSR count). The number of nitriles is 1. The van der Waals surface area contributed by atoms with Crippen LogP contribution >= 0.6 is 0 Å². The molecule has 1 spiro atoms. The van der Waals surface area contributed by atoms with Crippen molar-refractivity contribution in [3.63, 3.8) is 0 Å². The maximum Gasteiger partial charge on any atom is 0.0847 e. The Morgan fingerprint density at radius 1 is 1.18 bits per heavy atom. The third-order valence-electron chi connectivity index (χ3n) is 4.70. The van der Waals surface area contributed by atoms with E-state index in [9.17, 15) is 5.26 Å². The molecule has 1 aromatic rings. The van der Waals surface area contributed by atoms with E-state index in [-0.39, 0.29) is 5.41 Å². The van der Waals surface area contributed by atoms with E-state index in [4.69, 9.17) is 0 Å². The molecule has 0 saturated heterocycles. The minimum absolute atomic E-state index is 0.231. The largest absolute Gasteiger partial charge is 0.264 e. The molecule has 0 atom stereocenters. The summed E-state index contributed by atoms with van der Waals surface area (Å²) in [5.41, 5.74) is 1.38. The first-order chi connectivity index (χ1) is 8.29. The van der Waals surface area contributed by atoms with Crippen LogP contribution < -0.4 is 0 Å². The van der Waals surface area contributed by atoms with Crippen molar-refractivity contribution >= 4 is 0 Å². The summed E-state index contributed by atoms with van der Waals surface area (Å²) in [5.74, 6) is 0. The van der Waals surface area contributed by atoms with Gasteiger partial charge in [-0.15, -0.1) is 0 Å². The first kappa shape index (κ1) is 10.8. The molecule has 0 aliphatic heterocycles. The smallest absolute Gasteiger partial charge is 0.0847 e.